The van der Waals surface area contributed by atoms with Crippen molar-refractivity contribution in [3.05, 3.63) is 82.5 Å². The smallest absolute Gasteiger partial charge is 0.433 e. The zero-order chi connectivity index (χ0) is 43.7. The van der Waals surface area contributed by atoms with Gasteiger partial charge in [0.1, 0.15) is 22.9 Å². The highest BCUT2D eigenvalue weighted by molar-refractivity contribution is 6.25. The fourth-order valence-electron chi connectivity index (χ4n) is 10.2. The van der Waals surface area contributed by atoms with E-state index in [-0.39, 0.29) is 47.0 Å². The molecule has 4 aromatic rings. The van der Waals surface area contributed by atoms with Gasteiger partial charge in [-0.2, -0.15) is 13.2 Å². The lowest BCUT2D eigenvalue weighted by Crippen LogP contribution is -2.54. The van der Waals surface area contributed by atoms with Crippen molar-refractivity contribution < 1.29 is 46.7 Å². The van der Waals surface area contributed by atoms with Gasteiger partial charge in [-0.1, -0.05) is 12.1 Å². The molecule has 5 amide bonds. The lowest BCUT2D eigenvalue weighted by atomic mass is 9.60. The lowest BCUT2D eigenvalue weighted by molar-refractivity contribution is -0.141. The third kappa shape index (κ3) is 7.96. The van der Waals surface area contributed by atoms with Gasteiger partial charge in [-0.3, -0.25) is 34.2 Å². The number of alkyl halides is 3. The molecule has 4 N–H and O–H groups in total. The van der Waals surface area contributed by atoms with E-state index in [4.69, 9.17) is 9.40 Å². The summed E-state index contributed by atoms with van der Waals surface area (Å²) in [5, 5.41) is 19.4. The highest BCUT2D eigenvalue weighted by atomic mass is 19.4. The molecule has 62 heavy (non-hydrogen) atoms. The molecule has 2 aromatic heterocycles. The third-order valence-electron chi connectivity index (χ3n) is 13.5. The molecule has 2 aliphatic carbocycles. The lowest BCUT2D eigenvalue weighted by Gasteiger charge is -2.53. The van der Waals surface area contributed by atoms with Crippen LogP contribution in [0.25, 0.3) is 11.1 Å². The molecule has 3 aliphatic heterocycles. The average molecular weight is 856 g/mol. The third-order valence-corrected chi connectivity index (χ3v) is 13.5. The first kappa shape index (κ1) is 41.7. The van der Waals surface area contributed by atoms with E-state index in [1.165, 1.54) is 6.07 Å². The summed E-state index contributed by atoms with van der Waals surface area (Å²) >= 11 is 0. The van der Waals surface area contributed by atoms with E-state index >= 15 is 0 Å². The van der Waals surface area contributed by atoms with Crippen LogP contribution >= 0.6 is 0 Å². The highest BCUT2D eigenvalue weighted by Crippen LogP contribution is 2.51. The summed E-state index contributed by atoms with van der Waals surface area (Å²) in [6, 6.07) is 10.6. The van der Waals surface area contributed by atoms with Gasteiger partial charge in [0.05, 0.1) is 22.4 Å². The first-order valence-corrected chi connectivity index (χ1v) is 21.3. The molecule has 9 rings (SSSR count). The summed E-state index contributed by atoms with van der Waals surface area (Å²) in [4.78, 5) is 75.9. The maximum atomic E-state index is 13.6. The van der Waals surface area contributed by atoms with Gasteiger partial charge in [0.25, 0.3) is 17.7 Å². The van der Waals surface area contributed by atoms with Crippen LogP contribution in [0.4, 0.5) is 24.5 Å². The minimum atomic E-state index is -4.71. The van der Waals surface area contributed by atoms with Crippen LogP contribution in [-0.4, -0.2) is 86.1 Å². The Balaban J connectivity index is 0.766. The summed E-state index contributed by atoms with van der Waals surface area (Å²) in [6.07, 6.45) is 3.41. The minimum absolute atomic E-state index is 0.0699. The molecule has 2 saturated carbocycles. The fourth-order valence-corrected chi connectivity index (χ4v) is 10.2. The van der Waals surface area contributed by atoms with E-state index in [9.17, 15) is 42.3 Å². The molecule has 326 valence electrons. The number of hydrogen-bond acceptors (Lipinski definition) is 11. The van der Waals surface area contributed by atoms with Crippen LogP contribution in [0.5, 0.6) is 0 Å². The van der Waals surface area contributed by atoms with Crippen molar-refractivity contribution in [2.24, 2.45) is 11.3 Å². The predicted molar refractivity (Wildman–Crippen MR) is 219 cm³/mol. The SMILES string of the molecule is CC(C)(O)c1cc2nc([C@H]3CC[C@H](CN4CCC5(CC4)CC(Nc4cccc6c4C(=O)N(C4CCC(=O)NC4=O)C6=O)C5)CC3)oc2cc1NC(=O)c1cccc(C(F)(F)F)n1. The van der Waals surface area contributed by atoms with Gasteiger partial charge in [0, 0.05) is 42.2 Å². The number of piperidine rings is 2. The van der Waals surface area contributed by atoms with Crippen LogP contribution in [0.1, 0.15) is 132 Å². The quantitative estimate of drug-likeness (QED) is 0.131. The van der Waals surface area contributed by atoms with Crippen LogP contribution in [0.3, 0.4) is 0 Å². The molecule has 0 radical (unpaired) electrons. The number of oxazole rings is 1. The second kappa shape index (κ2) is 15.6. The van der Waals surface area contributed by atoms with E-state index < -0.39 is 58.7 Å². The normalized spacial score (nSPS) is 23.4. The number of likely N-dealkylation sites (tertiary alicyclic amines) is 1. The van der Waals surface area contributed by atoms with Crippen LogP contribution in [0.15, 0.2) is 52.9 Å². The van der Waals surface area contributed by atoms with Crippen molar-refractivity contribution in [2.45, 2.75) is 108 Å². The van der Waals surface area contributed by atoms with Crippen LogP contribution in [-0.2, 0) is 21.4 Å². The predicted octanol–water partition coefficient (Wildman–Crippen LogP) is 6.75. The summed E-state index contributed by atoms with van der Waals surface area (Å²) in [5.41, 5.74) is -0.198. The van der Waals surface area contributed by atoms with Gasteiger partial charge >= 0.3 is 6.18 Å². The van der Waals surface area contributed by atoms with Gasteiger partial charge < -0.3 is 25.1 Å². The van der Waals surface area contributed by atoms with E-state index in [1.807, 2.05) is 6.07 Å². The number of anilines is 2. The number of rotatable bonds is 9. The van der Waals surface area contributed by atoms with E-state index in [1.54, 1.807) is 38.1 Å². The summed E-state index contributed by atoms with van der Waals surface area (Å²) in [7, 11) is 0. The molecular weight excluding hydrogens is 808 g/mol. The monoisotopic (exact) mass is 855 g/mol. The number of nitrogens with one attached hydrogen (secondary N) is 3. The van der Waals surface area contributed by atoms with E-state index in [0.717, 1.165) is 88.0 Å². The van der Waals surface area contributed by atoms with Crippen LogP contribution in [0.2, 0.25) is 0 Å². The summed E-state index contributed by atoms with van der Waals surface area (Å²) in [5.74, 6) is -1.70. The maximum absolute atomic E-state index is 13.6. The van der Waals surface area contributed by atoms with Gasteiger partial charge in [-0.05, 0) is 126 Å². The van der Waals surface area contributed by atoms with E-state index in [0.29, 0.717) is 34.2 Å². The summed E-state index contributed by atoms with van der Waals surface area (Å²) < 4.78 is 46.0. The zero-order valence-corrected chi connectivity index (χ0v) is 34.4. The van der Waals surface area contributed by atoms with Crippen molar-refractivity contribution in [1.29, 1.82) is 0 Å². The minimum Gasteiger partial charge on any atom is -0.440 e. The number of benzene rings is 2. The van der Waals surface area contributed by atoms with Crippen molar-refractivity contribution in [2.75, 3.05) is 30.3 Å². The Bertz CT molecular complexity index is 2470. The molecule has 4 fully saturated rings. The molecule has 5 aliphatic rings. The largest absolute Gasteiger partial charge is 0.440 e. The van der Waals surface area contributed by atoms with Crippen molar-refractivity contribution in [3.63, 3.8) is 0 Å². The molecular formula is C45H48F3N7O7. The number of imide groups is 2. The Morgan fingerprint density at radius 1 is 0.935 bits per heavy atom. The Labute approximate surface area is 355 Å². The molecule has 17 heteroatoms. The molecule has 5 heterocycles. The van der Waals surface area contributed by atoms with Crippen molar-refractivity contribution in [3.8, 4) is 0 Å². The number of pyridine rings is 1. The Morgan fingerprint density at radius 3 is 2.35 bits per heavy atom. The maximum Gasteiger partial charge on any atom is 0.433 e. The molecule has 2 aromatic carbocycles. The number of fused-ring (bicyclic) bond motifs is 2. The van der Waals surface area contributed by atoms with Crippen molar-refractivity contribution >= 4 is 52.0 Å². The van der Waals surface area contributed by atoms with Gasteiger partial charge in [-0.15, -0.1) is 0 Å². The molecule has 2 saturated heterocycles. The molecule has 1 unspecified atom stereocenters. The zero-order valence-electron chi connectivity index (χ0n) is 34.4. The first-order chi connectivity index (χ1) is 29.4. The summed E-state index contributed by atoms with van der Waals surface area (Å²) in [6.45, 7) is 6.14. The Hall–Kier alpha value is -5.68. The number of nitrogens with zero attached hydrogens (tertiary/aromatic N) is 4. The second-order valence-electron chi connectivity index (χ2n) is 18.3. The highest BCUT2D eigenvalue weighted by Gasteiger charge is 2.49. The van der Waals surface area contributed by atoms with Crippen LogP contribution < -0.4 is 16.0 Å². The first-order valence-electron chi connectivity index (χ1n) is 21.3. The van der Waals surface area contributed by atoms with Crippen LogP contribution in [0, 0.1) is 11.3 Å². The van der Waals surface area contributed by atoms with Gasteiger partial charge in [0.15, 0.2) is 11.5 Å². The van der Waals surface area contributed by atoms with E-state index in [2.05, 4.69) is 25.8 Å². The second-order valence-corrected chi connectivity index (χ2v) is 18.3. The standard InChI is InChI=1S/C45H48F3N7O7/c1-43(2,61)28-19-32-34(20-31(28)51-38(57)30-7-4-8-35(50-30)45(46,47)48)62-40(52-32)25-11-9-24(10-12-25)23-54-17-15-44(16-18-54)21-26(22-44)49-29-6-3-5-27-37(29)42(60)55(41(27)59)33-13-14-36(56)53-39(33)58/h3-8,19-20,24-26,33,49,61H,9-18,21-23H2,1-2H3,(H,51,57)(H,53,56,58)/t24-,25-,33?. The fraction of sp³-hybridized carbons (Fsp3) is 0.489. The topological polar surface area (TPSA) is 187 Å². The number of carbonyl (C=O) groups is 5. The molecule has 1 atom stereocenters. The number of aromatic nitrogens is 2. The molecule has 1 spiro atoms. The number of hydrogen-bond donors (Lipinski definition) is 4. The number of amides is 5. The number of aliphatic hydroxyl groups is 1. The number of halogens is 3. The number of carbonyl (C=O) groups excluding carboxylic acids is 5. The Morgan fingerprint density at radius 2 is 1.66 bits per heavy atom. The molecule has 0 bridgehead atoms. The van der Waals surface area contributed by atoms with Gasteiger partial charge in [0.2, 0.25) is 11.8 Å². The Kier molecular flexibility index (Phi) is 10.5. The molecule has 14 nitrogen and oxygen atoms in total. The average Bonchev–Trinajstić information content (AvgIpc) is 3.75. The van der Waals surface area contributed by atoms with Crippen molar-refractivity contribution in [1.82, 2.24) is 25.1 Å². The van der Waals surface area contributed by atoms with Gasteiger partial charge in [-0.25, -0.2) is 9.97 Å².